The molecule has 1 N–H and O–H groups in total. The fourth-order valence-corrected chi connectivity index (χ4v) is 5.70. The average molecular weight is 602 g/mol. The Kier molecular flexibility index (Phi) is 11.0. The van der Waals surface area contributed by atoms with Crippen molar-refractivity contribution in [2.45, 2.75) is 38.3 Å². The van der Waals surface area contributed by atoms with Gasteiger partial charge >= 0.3 is 0 Å². The van der Waals surface area contributed by atoms with Crippen LogP contribution < -0.4 is 19.1 Å². The van der Waals surface area contributed by atoms with Crippen molar-refractivity contribution in [3.05, 3.63) is 83.4 Å². The van der Waals surface area contributed by atoms with Crippen molar-refractivity contribution in [2.75, 3.05) is 31.6 Å². The number of benzene rings is 3. The number of hydrogen-bond donors (Lipinski definition) is 1. The van der Waals surface area contributed by atoms with Gasteiger partial charge in [0.15, 0.2) is 0 Å². The highest BCUT2D eigenvalue weighted by Crippen LogP contribution is 2.32. The fraction of sp³-hybridized carbons (Fsp3) is 0.333. The second-order valence-corrected chi connectivity index (χ2v) is 12.1. The zero-order valence-corrected chi connectivity index (χ0v) is 25.4. The lowest BCUT2D eigenvalue weighted by Gasteiger charge is -2.32. The highest BCUT2D eigenvalue weighted by atomic mass is 35.5. The predicted octanol–water partition coefficient (Wildman–Crippen LogP) is 4.74. The van der Waals surface area contributed by atoms with E-state index >= 15 is 0 Å². The van der Waals surface area contributed by atoms with Gasteiger partial charge in [0.1, 0.15) is 24.1 Å². The Balaban J connectivity index is 2.03. The van der Waals surface area contributed by atoms with E-state index in [1.54, 1.807) is 56.5 Å². The smallest absolute Gasteiger partial charge is 0.264 e. The van der Waals surface area contributed by atoms with Crippen LogP contribution in [-0.2, 0) is 26.2 Å². The van der Waals surface area contributed by atoms with Gasteiger partial charge in [0.05, 0.1) is 29.8 Å². The maximum atomic E-state index is 14.0. The zero-order valence-electron chi connectivity index (χ0n) is 23.8. The molecule has 0 saturated carbocycles. The molecule has 3 aromatic rings. The van der Waals surface area contributed by atoms with Crippen LogP contribution in [0.25, 0.3) is 0 Å². The first kappa shape index (κ1) is 31.8. The van der Waals surface area contributed by atoms with Crippen molar-refractivity contribution in [2.24, 2.45) is 5.92 Å². The van der Waals surface area contributed by atoms with Gasteiger partial charge in [0.2, 0.25) is 11.8 Å². The number of sulfonamides is 1. The summed E-state index contributed by atoms with van der Waals surface area (Å²) in [7, 11) is -1.19. The van der Waals surface area contributed by atoms with Crippen molar-refractivity contribution in [3.63, 3.8) is 0 Å². The first-order valence-electron chi connectivity index (χ1n) is 13.1. The number of nitrogens with one attached hydrogen (secondary N) is 1. The van der Waals surface area contributed by atoms with Gasteiger partial charge in [0, 0.05) is 13.1 Å². The Bertz CT molecular complexity index is 1430. The fourth-order valence-electron chi connectivity index (χ4n) is 4.02. The molecule has 220 valence electrons. The van der Waals surface area contributed by atoms with E-state index in [1.165, 1.54) is 42.3 Å². The van der Waals surface area contributed by atoms with Crippen molar-refractivity contribution < 1.29 is 27.5 Å². The molecule has 0 aromatic heterocycles. The molecule has 0 aliphatic rings. The highest BCUT2D eigenvalue weighted by molar-refractivity contribution is 7.92. The summed E-state index contributed by atoms with van der Waals surface area (Å²) in [6.45, 7) is 5.50. The molecule has 0 heterocycles. The monoisotopic (exact) mass is 601 g/mol. The molecule has 3 aromatic carbocycles. The maximum absolute atomic E-state index is 14.0. The minimum atomic E-state index is -4.20. The van der Waals surface area contributed by atoms with Gasteiger partial charge in [-0.15, -0.1) is 0 Å². The third-order valence-electron chi connectivity index (χ3n) is 6.40. The van der Waals surface area contributed by atoms with Crippen LogP contribution in [0.15, 0.2) is 77.7 Å². The number of amides is 2. The zero-order chi connectivity index (χ0) is 30.2. The summed E-state index contributed by atoms with van der Waals surface area (Å²) in [4.78, 5) is 28.4. The van der Waals surface area contributed by atoms with E-state index < -0.39 is 28.5 Å². The summed E-state index contributed by atoms with van der Waals surface area (Å²) < 4.78 is 39.2. The van der Waals surface area contributed by atoms with Crippen LogP contribution in [-0.4, -0.2) is 58.5 Å². The number of halogens is 1. The molecule has 0 aliphatic heterocycles. The summed E-state index contributed by atoms with van der Waals surface area (Å²) in [6, 6.07) is 18.5. The van der Waals surface area contributed by atoms with Gasteiger partial charge in [-0.25, -0.2) is 8.42 Å². The van der Waals surface area contributed by atoms with Crippen LogP contribution in [0.2, 0.25) is 5.02 Å². The van der Waals surface area contributed by atoms with E-state index in [2.05, 4.69) is 5.32 Å². The summed E-state index contributed by atoms with van der Waals surface area (Å²) in [6.07, 6.45) is 0. The maximum Gasteiger partial charge on any atom is 0.264 e. The topological polar surface area (TPSA) is 105 Å². The molecule has 0 fully saturated rings. The van der Waals surface area contributed by atoms with Crippen LogP contribution in [0.3, 0.4) is 0 Å². The van der Waals surface area contributed by atoms with Crippen molar-refractivity contribution in [1.29, 1.82) is 0 Å². The quantitative estimate of drug-likeness (QED) is 0.303. The Morgan fingerprint density at radius 1 is 0.927 bits per heavy atom. The molecule has 0 unspecified atom stereocenters. The van der Waals surface area contributed by atoms with E-state index in [-0.39, 0.29) is 34.0 Å². The van der Waals surface area contributed by atoms with Crippen molar-refractivity contribution in [1.82, 2.24) is 10.2 Å². The van der Waals surface area contributed by atoms with Gasteiger partial charge in [-0.3, -0.25) is 13.9 Å². The molecule has 1 atom stereocenters. The Hall–Kier alpha value is -3.76. The number of rotatable bonds is 13. The molecule has 0 bridgehead atoms. The molecule has 9 nitrogen and oxygen atoms in total. The minimum absolute atomic E-state index is 0.00386. The lowest BCUT2D eigenvalue weighted by Crippen LogP contribution is -2.51. The van der Waals surface area contributed by atoms with E-state index in [0.29, 0.717) is 18.0 Å². The summed E-state index contributed by atoms with van der Waals surface area (Å²) in [5, 5.41) is 3.05. The first-order valence-corrected chi connectivity index (χ1v) is 14.9. The first-order chi connectivity index (χ1) is 19.5. The number of anilines is 1. The standard InChI is InChI=1S/C30H36ClN3O6S/c1-21(2)18-32-30(36)22(3)33(19-23-11-14-25(39-4)15-12-23)29(35)20-34(24-13-16-28(40-5)27(31)17-24)41(37,38)26-9-7-6-8-10-26/h6-17,21-22H,18-20H2,1-5H3,(H,32,36)/t22-/m1/s1. The SMILES string of the molecule is COc1ccc(CN(C(=O)CN(c2ccc(OC)c(Cl)c2)S(=O)(=O)c2ccccc2)[C@H](C)C(=O)NCC(C)C)cc1. The van der Waals surface area contributed by atoms with E-state index in [4.69, 9.17) is 21.1 Å². The highest BCUT2D eigenvalue weighted by Gasteiger charge is 2.32. The third kappa shape index (κ3) is 8.14. The van der Waals surface area contributed by atoms with Crippen LogP contribution in [0, 0.1) is 5.92 Å². The molecule has 0 aliphatic carbocycles. The molecule has 2 amide bonds. The largest absolute Gasteiger partial charge is 0.497 e. The molecular formula is C30H36ClN3O6S. The second-order valence-electron chi connectivity index (χ2n) is 9.83. The van der Waals surface area contributed by atoms with E-state index in [9.17, 15) is 18.0 Å². The number of carbonyl (C=O) groups is 2. The summed E-state index contributed by atoms with van der Waals surface area (Å²) in [5.41, 5.74) is 0.918. The molecule has 3 rings (SSSR count). The van der Waals surface area contributed by atoms with Gasteiger partial charge < -0.3 is 19.7 Å². The molecule has 41 heavy (non-hydrogen) atoms. The number of ether oxygens (including phenoxy) is 2. The van der Waals surface area contributed by atoms with Gasteiger partial charge in [-0.2, -0.15) is 0 Å². The summed E-state index contributed by atoms with van der Waals surface area (Å²) >= 11 is 6.35. The average Bonchev–Trinajstić information content (AvgIpc) is 2.97. The van der Waals surface area contributed by atoms with E-state index in [0.717, 1.165) is 9.87 Å². The van der Waals surface area contributed by atoms with Crippen LogP contribution in [0.1, 0.15) is 26.3 Å². The molecule has 0 radical (unpaired) electrons. The lowest BCUT2D eigenvalue weighted by atomic mass is 10.1. The third-order valence-corrected chi connectivity index (χ3v) is 8.48. The predicted molar refractivity (Wildman–Crippen MR) is 160 cm³/mol. The normalized spacial score (nSPS) is 12.0. The number of methoxy groups -OCH3 is 2. The Morgan fingerprint density at radius 2 is 1.59 bits per heavy atom. The summed E-state index contributed by atoms with van der Waals surface area (Å²) in [5.74, 6) is 0.300. The van der Waals surface area contributed by atoms with Crippen LogP contribution >= 0.6 is 11.6 Å². The minimum Gasteiger partial charge on any atom is -0.497 e. The lowest BCUT2D eigenvalue weighted by molar-refractivity contribution is -0.139. The molecule has 0 spiro atoms. The molecule has 0 saturated heterocycles. The molecule has 11 heteroatoms. The van der Waals surface area contributed by atoms with Gasteiger partial charge in [-0.05, 0) is 60.9 Å². The van der Waals surface area contributed by atoms with Crippen molar-refractivity contribution in [3.8, 4) is 11.5 Å². The van der Waals surface area contributed by atoms with Gasteiger partial charge in [0.25, 0.3) is 10.0 Å². The Labute approximate surface area is 247 Å². The number of carbonyl (C=O) groups excluding carboxylic acids is 2. The number of hydrogen-bond acceptors (Lipinski definition) is 6. The molecular weight excluding hydrogens is 566 g/mol. The van der Waals surface area contributed by atoms with Crippen LogP contribution in [0.4, 0.5) is 5.69 Å². The second kappa shape index (κ2) is 14.2. The van der Waals surface area contributed by atoms with Crippen LogP contribution in [0.5, 0.6) is 11.5 Å². The van der Waals surface area contributed by atoms with Gasteiger partial charge in [-0.1, -0.05) is 55.8 Å². The van der Waals surface area contributed by atoms with E-state index in [1.807, 2.05) is 13.8 Å². The van der Waals surface area contributed by atoms with Crippen molar-refractivity contribution >= 4 is 39.1 Å². The number of nitrogens with zero attached hydrogens (tertiary/aromatic N) is 2. The Morgan fingerprint density at radius 3 is 2.15 bits per heavy atom.